The summed E-state index contributed by atoms with van der Waals surface area (Å²) in [5, 5.41) is 0. The fourth-order valence-corrected chi connectivity index (χ4v) is 3.51. The highest BCUT2D eigenvalue weighted by Gasteiger charge is 2.40. The van der Waals surface area contributed by atoms with Gasteiger partial charge in [-0.3, -0.25) is 0 Å². The van der Waals surface area contributed by atoms with Gasteiger partial charge in [0.1, 0.15) is 0 Å². The van der Waals surface area contributed by atoms with E-state index in [9.17, 15) is 0 Å². The quantitative estimate of drug-likeness (QED) is 0.523. The first kappa shape index (κ1) is 9.55. The maximum Gasteiger partial charge on any atom is -0.0326 e. The van der Waals surface area contributed by atoms with Crippen LogP contribution in [0.2, 0.25) is 0 Å². The molecule has 0 saturated heterocycles. The molecule has 0 radical (unpaired) electrons. The van der Waals surface area contributed by atoms with Crippen molar-refractivity contribution in [2.75, 3.05) is 0 Å². The molecule has 3 unspecified atom stereocenters. The van der Waals surface area contributed by atoms with Crippen molar-refractivity contribution in [3.63, 3.8) is 0 Å². The fraction of sp³-hybridized carbons (Fsp3) is 1.00. The highest BCUT2D eigenvalue weighted by atomic mass is 14.4. The molecule has 13 heavy (non-hydrogen) atoms. The number of fused-ring (bicyclic) bond motifs is 1. The van der Waals surface area contributed by atoms with Crippen molar-refractivity contribution < 1.29 is 0 Å². The predicted molar refractivity (Wildman–Crippen MR) is 57.6 cm³/mol. The number of hydrogen-bond donors (Lipinski definition) is 0. The smallest absolute Gasteiger partial charge is 0.0326 e. The van der Waals surface area contributed by atoms with E-state index in [0.29, 0.717) is 5.41 Å². The van der Waals surface area contributed by atoms with E-state index in [1.807, 2.05) is 0 Å². The molecule has 0 heterocycles. The molecule has 2 aliphatic carbocycles. The Bertz CT molecular complexity index is 180. The fourth-order valence-electron chi connectivity index (χ4n) is 3.51. The van der Waals surface area contributed by atoms with Gasteiger partial charge in [0, 0.05) is 0 Å². The monoisotopic (exact) mass is 180 g/mol. The lowest BCUT2D eigenvalue weighted by Gasteiger charge is -2.47. The van der Waals surface area contributed by atoms with E-state index in [0.717, 1.165) is 17.8 Å². The Balaban J connectivity index is 2.05. The maximum absolute atomic E-state index is 2.47. The summed E-state index contributed by atoms with van der Waals surface area (Å²) in [6.07, 6.45) is 9.09. The molecule has 2 fully saturated rings. The molecule has 76 valence electrons. The summed E-state index contributed by atoms with van der Waals surface area (Å²) in [7, 11) is 0. The molecule has 0 amide bonds. The molecule has 0 N–H and O–H groups in total. The number of rotatable bonds is 0. The van der Waals surface area contributed by atoms with Gasteiger partial charge in [-0.15, -0.1) is 0 Å². The van der Waals surface area contributed by atoms with E-state index in [-0.39, 0.29) is 0 Å². The molecular formula is C13H24. The van der Waals surface area contributed by atoms with Crippen LogP contribution in [0.15, 0.2) is 0 Å². The van der Waals surface area contributed by atoms with Gasteiger partial charge in [-0.25, -0.2) is 0 Å². The van der Waals surface area contributed by atoms with Crippen molar-refractivity contribution in [2.24, 2.45) is 23.2 Å². The highest BCUT2D eigenvalue weighted by molar-refractivity contribution is 4.90. The largest absolute Gasteiger partial charge is 0.0620 e. The summed E-state index contributed by atoms with van der Waals surface area (Å²) in [4.78, 5) is 0. The molecule has 2 aliphatic rings. The van der Waals surface area contributed by atoms with Gasteiger partial charge in [0.05, 0.1) is 0 Å². The first-order valence-electron chi connectivity index (χ1n) is 6.09. The Morgan fingerprint density at radius 1 is 1.00 bits per heavy atom. The maximum atomic E-state index is 2.47. The SMILES string of the molecule is CC1CC2CCCCC2CC1(C)C. The standard InChI is InChI=1S/C13H24/c1-10-8-11-6-4-5-7-12(11)9-13(10,2)3/h10-12H,4-9H2,1-3H3. The molecule has 0 aromatic carbocycles. The summed E-state index contributed by atoms with van der Waals surface area (Å²) >= 11 is 0. The van der Waals surface area contributed by atoms with Gasteiger partial charge in [0.15, 0.2) is 0 Å². The normalized spacial score (nSPS) is 44.1. The molecule has 2 rings (SSSR count). The second-order valence-electron chi connectivity index (χ2n) is 6.13. The van der Waals surface area contributed by atoms with Crippen LogP contribution in [0.3, 0.4) is 0 Å². The van der Waals surface area contributed by atoms with Crippen LogP contribution in [0.5, 0.6) is 0 Å². The third-order valence-corrected chi connectivity index (χ3v) is 4.85. The zero-order valence-corrected chi connectivity index (χ0v) is 9.47. The van der Waals surface area contributed by atoms with E-state index < -0.39 is 0 Å². The van der Waals surface area contributed by atoms with Gasteiger partial charge < -0.3 is 0 Å². The lowest BCUT2D eigenvalue weighted by atomic mass is 9.58. The summed E-state index contributed by atoms with van der Waals surface area (Å²) in [6, 6.07) is 0. The second-order valence-corrected chi connectivity index (χ2v) is 6.13. The van der Waals surface area contributed by atoms with Crippen LogP contribution in [0.4, 0.5) is 0 Å². The van der Waals surface area contributed by atoms with Gasteiger partial charge in [-0.05, 0) is 36.0 Å². The highest BCUT2D eigenvalue weighted by Crippen LogP contribution is 2.50. The number of hydrogen-bond acceptors (Lipinski definition) is 0. The summed E-state index contributed by atoms with van der Waals surface area (Å²) in [5.41, 5.74) is 0.624. The first-order chi connectivity index (χ1) is 6.09. The van der Waals surface area contributed by atoms with Crippen LogP contribution in [0, 0.1) is 23.2 Å². The van der Waals surface area contributed by atoms with E-state index in [1.165, 1.54) is 38.5 Å². The van der Waals surface area contributed by atoms with Gasteiger partial charge in [0.25, 0.3) is 0 Å². The van der Waals surface area contributed by atoms with Crippen molar-refractivity contribution in [3.05, 3.63) is 0 Å². The van der Waals surface area contributed by atoms with Crippen LogP contribution < -0.4 is 0 Å². The third-order valence-electron chi connectivity index (χ3n) is 4.85. The van der Waals surface area contributed by atoms with Gasteiger partial charge >= 0.3 is 0 Å². The Kier molecular flexibility index (Phi) is 2.42. The van der Waals surface area contributed by atoms with E-state index in [1.54, 1.807) is 0 Å². The summed E-state index contributed by atoms with van der Waals surface area (Å²) < 4.78 is 0. The molecule has 0 heteroatoms. The molecule has 3 atom stereocenters. The van der Waals surface area contributed by atoms with Gasteiger partial charge in [-0.1, -0.05) is 46.5 Å². The van der Waals surface area contributed by atoms with Crippen molar-refractivity contribution in [3.8, 4) is 0 Å². The van der Waals surface area contributed by atoms with Crippen LogP contribution in [-0.4, -0.2) is 0 Å². The van der Waals surface area contributed by atoms with Crippen LogP contribution >= 0.6 is 0 Å². The summed E-state index contributed by atoms with van der Waals surface area (Å²) in [6.45, 7) is 7.41. The van der Waals surface area contributed by atoms with Crippen LogP contribution in [0.1, 0.15) is 59.3 Å². The molecule has 0 aliphatic heterocycles. The molecular weight excluding hydrogens is 156 g/mol. The predicted octanol–water partition coefficient (Wildman–Crippen LogP) is 4.25. The van der Waals surface area contributed by atoms with Gasteiger partial charge in [0.2, 0.25) is 0 Å². The van der Waals surface area contributed by atoms with Crippen molar-refractivity contribution in [1.29, 1.82) is 0 Å². The summed E-state index contributed by atoms with van der Waals surface area (Å²) in [5.74, 6) is 3.13. The van der Waals surface area contributed by atoms with Crippen LogP contribution in [0.25, 0.3) is 0 Å². The minimum atomic E-state index is 0.624. The Labute approximate surface area is 83.1 Å². The Hall–Kier alpha value is 0. The van der Waals surface area contributed by atoms with Crippen molar-refractivity contribution >= 4 is 0 Å². The third kappa shape index (κ3) is 1.78. The Morgan fingerprint density at radius 2 is 1.62 bits per heavy atom. The Morgan fingerprint density at radius 3 is 2.31 bits per heavy atom. The van der Waals surface area contributed by atoms with E-state index in [4.69, 9.17) is 0 Å². The molecule has 0 aromatic heterocycles. The zero-order valence-electron chi connectivity index (χ0n) is 9.47. The van der Waals surface area contributed by atoms with E-state index in [2.05, 4.69) is 20.8 Å². The van der Waals surface area contributed by atoms with Crippen molar-refractivity contribution in [1.82, 2.24) is 0 Å². The average Bonchev–Trinajstić information content (AvgIpc) is 2.06. The second kappa shape index (κ2) is 3.29. The van der Waals surface area contributed by atoms with E-state index >= 15 is 0 Å². The lowest BCUT2D eigenvalue weighted by Crippen LogP contribution is -2.37. The van der Waals surface area contributed by atoms with Crippen LogP contribution in [-0.2, 0) is 0 Å². The molecule has 0 bridgehead atoms. The molecule has 0 spiro atoms. The average molecular weight is 180 g/mol. The van der Waals surface area contributed by atoms with Gasteiger partial charge in [-0.2, -0.15) is 0 Å². The van der Waals surface area contributed by atoms with Crippen molar-refractivity contribution in [2.45, 2.75) is 59.3 Å². The minimum Gasteiger partial charge on any atom is -0.0620 e. The molecule has 2 saturated carbocycles. The first-order valence-corrected chi connectivity index (χ1v) is 6.09. The lowest BCUT2D eigenvalue weighted by molar-refractivity contribution is 0.0327. The zero-order chi connectivity index (χ0) is 9.47. The molecule has 0 nitrogen and oxygen atoms in total. The topological polar surface area (TPSA) is 0 Å². The molecule has 0 aromatic rings. The minimum absolute atomic E-state index is 0.624.